The standard InChI is InChI=1S/C16H15NO4/c1-3-20-16(19)12-4-6-13(7-5-12)21-14-8-9-15(11(2)18)17-10-14/h4-10H,3H2,1-2H3. The van der Waals surface area contributed by atoms with Gasteiger partial charge in [-0.05, 0) is 43.3 Å². The molecule has 0 saturated heterocycles. The average Bonchev–Trinajstić information content (AvgIpc) is 2.49. The monoisotopic (exact) mass is 285 g/mol. The molecule has 2 rings (SSSR count). The van der Waals surface area contributed by atoms with Crippen LogP contribution >= 0.6 is 0 Å². The Morgan fingerprint density at radius 2 is 1.71 bits per heavy atom. The zero-order chi connectivity index (χ0) is 15.2. The number of nitrogens with zero attached hydrogens (tertiary/aromatic N) is 1. The van der Waals surface area contributed by atoms with E-state index in [9.17, 15) is 9.59 Å². The highest BCUT2D eigenvalue weighted by Gasteiger charge is 2.07. The zero-order valence-electron chi connectivity index (χ0n) is 11.8. The van der Waals surface area contributed by atoms with Crippen LogP contribution in [0, 0.1) is 0 Å². The number of hydrogen-bond donors (Lipinski definition) is 0. The minimum atomic E-state index is -0.364. The summed E-state index contributed by atoms with van der Waals surface area (Å²) in [6.07, 6.45) is 1.48. The van der Waals surface area contributed by atoms with Crippen molar-refractivity contribution in [1.82, 2.24) is 4.98 Å². The summed E-state index contributed by atoms with van der Waals surface area (Å²) in [5, 5.41) is 0. The van der Waals surface area contributed by atoms with Crippen LogP contribution in [0.3, 0.4) is 0 Å². The molecule has 0 spiro atoms. The van der Waals surface area contributed by atoms with Gasteiger partial charge in [-0.3, -0.25) is 4.79 Å². The van der Waals surface area contributed by atoms with Gasteiger partial charge in [0.25, 0.3) is 0 Å². The predicted octanol–water partition coefficient (Wildman–Crippen LogP) is 3.25. The van der Waals surface area contributed by atoms with Crippen molar-refractivity contribution in [1.29, 1.82) is 0 Å². The number of aromatic nitrogens is 1. The lowest BCUT2D eigenvalue weighted by atomic mass is 10.2. The van der Waals surface area contributed by atoms with E-state index in [1.54, 1.807) is 43.3 Å². The molecule has 0 N–H and O–H groups in total. The highest BCUT2D eigenvalue weighted by atomic mass is 16.5. The van der Waals surface area contributed by atoms with Crippen LogP contribution in [0.2, 0.25) is 0 Å². The Bertz CT molecular complexity index is 632. The largest absolute Gasteiger partial charge is 0.462 e. The van der Waals surface area contributed by atoms with Gasteiger partial charge >= 0.3 is 5.97 Å². The summed E-state index contributed by atoms with van der Waals surface area (Å²) >= 11 is 0. The molecule has 0 aliphatic carbocycles. The maximum Gasteiger partial charge on any atom is 0.338 e. The van der Waals surface area contributed by atoms with Gasteiger partial charge in [-0.1, -0.05) is 0 Å². The highest BCUT2D eigenvalue weighted by Crippen LogP contribution is 2.21. The second kappa shape index (κ2) is 6.65. The molecule has 0 unspecified atom stereocenters. The third-order valence-corrected chi connectivity index (χ3v) is 2.70. The summed E-state index contributed by atoms with van der Waals surface area (Å²) in [5.41, 5.74) is 0.856. The van der Waals surface area contributed by atoms with Crippen molar-refractivity contribution in [3.05, 3.63) is 53.9 Å². The topological polar surface area (TPSA) is 65.5 Å². The quantitative estimate of drug-likeness (QED) is 0.623. The third-order valence-electron chi connectivity index (χ3n) is 2.70. The molecule has 1 heterocycles. The number of carbonyl (C=O) groups excluding carboxylic acids is 2. The number of esters is 1. The van der Waals surface area contributed by atoms with Gasteiger partial charge in [0, 0.05) is 6.92 Å². The minimum Gasteiger partial charge on any atom is -0.462 e. The molecule has 0 saturated carbocycles. The summed E-state index contributed by atoms with van der Waals surface area (Å²) < 4.78 is 10.5. The fourth-order valence-electron chi connectivity index (χ4n) is 1.66. The van der Waals surface area contributed by atoms with Gasteiger partial charge in [0.1, 0.15) is 17.2 Å². The van der Waals surface area contributed by atoms with Crippen LogP contribution in [0.25, 0.3) is 0 Å². The van der Waals surface area contributed by atoms with Gasteiger partial charge in [0.15, 0.2) is 5.78 Å². The maximum atomic E-state index is 11.5. The van der Waals surface area contributed by atoms with Crippen molar-refractivity contribution in [3.8, 4) is 11.5 Å². The van der Waals surface area contributed by atoms with Gasteiger partial charge in [-0.25, -0.2) is 9.78 Å². The van der Waals surface area contributed by atoms with Crippen LogP contribution in [0.4, 0.5) is 0 Å². The molecule has 2 aromatic rings. The summed E-state index contributed by atoms with van der Waals surface area (Å²) in [7, 11) is 0. The molecular formula is C16H15NO4. The molecule has 5 nitrogen and oxygen atoms in total. The molecule has 0 amide bonds. The van der Waals surface area contributed by atoms with Gasteiger partial charge < -0.3 is 9.47 Å². The number of carbonyl (C=O) groups is 2. The number of ether oxygens (including phenoxy) is 2. The van der Waals surface area contributed by atoms with Crippen molar-refractivity contribution in [2.75, 3.05) is 6.61 Å². The molecule has 0 atom stereocenters. The predicted molar refractivity (Wildman–Crippen MR) is 76.7 cm³/mol. The molecule has 0 aliphatic rings. The Balaban J connectivity index is 2.06. The van der Waals surface area contributed by atoms with Crippen LogP contribution in [0.5, 0.6) is 11.5 Å². The lowest BCUT2D eigenvalue weighted by Gasteiger charge is -2.06. The smallest absolute Gasteiger partial charge is 0.338 e. The maximum absolute atomic E-state index is 11.5. The fourth-order valence-corrected chi connectivity index (χ4v) is 1.66. The van der Waals surface area contributed by atoms with E-state index in [-0.39, 0.29) is 11.8 Å². The van der Waals surface area contributed by atoms with Crippen molar-refractivity contribution in [2.24, 2.45) is 0 Å². The molecule has 1 aromatic carbocycles. The molecule has 0 radical (unpaired) electrons. The summed E-state index contributed by atoms with van der Waals surface area (Å²) in [5.74, 6) is 0.626. The van der Waals surface area contributed by atoms with Gasteiger partial charge in [0.05, 0.1) is 18.4 Å². The Hall–Kier alpha value is -2.69. The van der Waals surface area contributed by atoms with Crippen molar-refractivity contribution >= 4 is 11.8 Å². The Kier molecular flexibility index (Phi) is 4.66. The second-order valence-electron chi connectivity index (χ2n) is 4.28. The van der Waals surface area contributed by atoms with Gasteiger partial charge in [-0.15, -0.1) is 0 Å². The zero-order valence-corrected chi connectivity index (χ0v) is 11.8. The normalized spacial score (nSPS) is 10.0. The van der Waals surface area contributed by atoms with Gasteiger partial charge in [-0.2, -0.15) is 0 Å². The number of ketones is 1. The fraction of sp³-hybridized carbons (Fsp3) is 0.188. The molecule has 0 bridgehead atoms. The molecule has 108 valence electrons. The van der Waals surface area contributed by atoms with E-state index in [0.717, 1.165) is 0 Å². The van der Waals surface area contributed by atoms with Crippen LogP contribution in [-0.4, -0.2) is 23.3 Å². The van der Waals surface area contributed by atoms with E-state index >= 15 is 0 Å². The SMILES string of the molecule is CCOC(=O)c1ccc(Oc2ccc(C(C)=O)nc2)cc1. The van der Waals surface area contributed by atoms with E-state index in [2.05, 4.69) is 4.98 Å². The highest BCUT2D eigenvalue weighted by molar-refractivity contribution is 5.92. The molecule has 1 aromatic heterocycles. The molecule has 5 heteroatoms. The van der Waals surface area contributed by atoms with Crippen molar-refractivity contribution in [3.63, 3.8) is 0 Å². The number of Topliss-reactive ketones (excluding diaryl/α,β-unsaturated/α-hetero) is 1. The Morgan fingerprint density at radius 3 is 2.24 bits per heavy atom. The Morgan fingerprint density at radius 1 is 1.05 bits per heavy atom. The van der Waals surface area contributed by atoms with E-state index in [0.29, 0.717) is 29.4 Å². The number of pyridine rings is 1. The first-order chi connectivity index (χ1) is 10.1. The number of rotatable bonds is 5. The Labute approximate surface area is 122 Å². The summed E-state index contributed by atoms with van der Waals surface area (Å²) in [4.78, 5) is 26.6. The average molecular weight is 285 g/mol. The second-order valence-corrected chi connectivity index (χ2v) is 4.28. The van der Waals surface area contributed by atoms with Crippen LogP contribution in [0.1, 0.15) is 34.7 Å². The van der Waals surface area contributed by atoms with Crippen molar-refractivity contribution < 1.29 is 19.1 Å². The third kappa shape index (κ3) is 3.89. The lowest BCUT2D eigenvalue weighted by molar-refractivity contribution is 0.0526. The van der Waals surface area contributed by atoms with Crippen LogP contribution in [0.15, 0.2) is 42.6 Å². The number of benzene rings is 1. The van der Waals surface area contributed by atoms with Crippen LogP contribution < -0.4 is 4.74 Å². The molecule has 0 aliphatic heterocycles. The first kappa shape index (κ1) is 14.7. The summed E-state index contributed by atoms with van der Waals surface area (Å²) in [6, 6.07) is 9.87. The van der Waals surface area contributed by atoms with E-state index < -0.39 is 0 Å². The molecule has 21 heavy (non-hydrogen) atoms. The lowest BCUT2D eigenvalue weighted by Crippen LogP contribution is -2.04. The summed E-state index contributed by atoms with van der Waals surface area (Å²) in [6.45, 7) is 3.55. The van der Waals surface area contributed by atoms with Gasteiger partial charge in [0.2, 0.25) is 0 Å². The minimum absolute atomic E-state index is 0.0969. The van der Waals surface area contributed by atoms with E-state index in [1.165, 1.54) is 13.1 Å². The van der Waals surface area contributed by atoms with E-state index in [1.807, 2.05) is 0 Å². The first-order valence-corrected chi connectivity index (χ1v) is 6.52. The van der Waals surface area contributed by atoms with E-state index in [4.69, 9.17) is 9.47 Å². The van der Waals surface area contributed by atoms with Crippen molar-refractivity contribution in [2.45, 2.75) is 13.8 Å². The molecule has 0 fully saturated rings. The molecular weight excluding hydrogens is 270 g/mol. The first-order valence-electron chi connectivity index (χ1n) is 6.52. The van der Waals surface area contributed by atoms with Crippen LogP contribution in [-0.2, 0) is 4.74 Å². The number of hydrogen-bond acceptors (Lipinski definition) is 5.